The summed E-state index contributed by atoms with van der Waals surface area (Å²) in [6.45, 7) is 2.23. The highest BCUT2D eigenvalue weighted by atomic mass is 19.1. The minimum absolute atomic E-state index is 0.0894. The number of hydrogen-bond acceptors (Lipinski definition) is 3. The third kappa shape index (κ3) is 5.22. The lowest BCUT2D eigenvalue weighted by Crippen LogP contribution is -2.47. The number of likely N-dealkylation sites (tertiary alicyclic amines) is 1. The van der Waals surface area contributed by atoms with Gasteiger partial charge in [0.05, 0.1) is 0 Å². The van der Waals surface area contributed by atoms with Crippen LogP contribution in [-0.4, -0.2) is 34.9 Å². The van der Waals surface area contributed by atoms with Crippen molar-refractivity contribution in [2.24, 2.45) is 0 Å². The van der Waals surface area contributed by atoms with Crippen molar-refractivity contribution >= 4 is 12.0 Å². The van der Waals surface area contributed by atoms with E-state index in [0.717, 1.165) is 31.5 Å². The third-order valence-corrected chi connectivity index (χ3v) is 4.32. The molecular formula is C20H22FN3O. The zero-order valence-electron chi connectivity index (χ0n) is 14.1. The summed E-state index contributed by atoms with van der Waals surface area (Å²) in [6.07, 6.45) is 8.63. The van der Waals surface area contributed by atoms with Gasteiger partial charge in [-0.15, -0.1) is 0 Å². The minimum atomic E-state index is -0.173. The van der Waals surface area contributed by atoms with Gasteiger partial charge < -0.3 is 5.32 Å². The maximum Gasteiger partial charge on any atom is 0.244 e. The monoisotopic (exact) mass is 339 g/mol. The standard InChI is InChI=1S/C20H22FN3O/c21-19-8-2-1-6-17(19)14-24-12-4-7-18(15-24)23-20(25)10-9-16-5-3-11-22-13-16/h1-3,5-6,8-11,13,18H,4,7,12,14-15H2,(H,23,25)/b10-9+/t18-/m0/s1. The molecule has 1 aliphatic heterocycles. The number of rotatable bonds is 5. The Kier molecular flexibility index (Phi) is 5.90. The maximum atomic E-state index is 13.8. The van der Waals surface area contributed by atoms with Crippen molar-refractivity contribution in [3.05, 3.63) is 71.8 Å². The number of nitrogens with one attached hydrogen (secondary N) is 1. The van der Waals surface area contributed by atoms with Gasteiger partial charge >= 0.3 is 0 Å². The minimum Gasteiger partial charge on any atom is -0.349 e. The summed E-state index contributed by atoms with van der Waals surface area (Å²) < 4.78 is 13.8. The van der Waals surface area contributed by atoms with Crippen LogP contribution in [0.4, 0.5) is 4.39 Å². The van der Waals surface area contributed by atoms with Crippen molar-refractivity contribution in [1.82, 2.24) is 15.2 Å². The molecule has 1 fully saturated rings. The molecule has 1 amide bonds. The Hall–Kier alpha value is -2.53. The number of benzene rings is 1. The van der Waals surface area contributed by atoms with Crippen LogP contribution in [0.25, 0.3) is 6.08 Å². The largest absolute Gasteiger partial charge is 0.349 e. The predicted molar refractivity (Wildman–Crippen MR) is 96.1 cm³/mol. The SMILES string of the molecule is O=C(/C=C/c1cccnc1)N[C@H]1CCCN(Cc2ccccc2F)C1. The normalized spacial score (nSPS) is 18.4. The van der Waals surface area contributed by atoms with Gasteiger partial charge in [0.15, 0.2) is 0 Å². The van der Waals surface area contributed by atoms with E-state index in [4.69, 9.17) is 0 Å². The maximum absolute atomic E-state index is 13.8. The molecular weight excluding hydrogens is 317 g/mol. The smallest absolute Gasteiger partial charge is 0.244 e. The molecule has 1 N–H and O–H groups in total. The van der Waals surface area contributed by atoms with Gasteiger partial charge in [-0.1, -0.05) is 24.3 Å². The van der Waals surface area contributed by atoms with Crippen molar-refractivity contribution in [3.8, 4) is 0 Å². The van der Waals surface area contributed by atoms with Crippen molar-refractivity contribution in [2.75, 3.05) is 13.1 Å². The Bertz CT molecular complexity index is 733. The molecule has 2 aromatic rings. The van der Waals surface area contributed by atoms with Crippen molar-refractivity contribution in [2.45, 2.75) is 25.4 Å². The topological polar surface area (TPSA) is 45.2 Å². The number of carbonyl (C=O) groups excluding carboxylic acids is 1. The fraction of sp³-hybridized carbons (Fsp3) is 0.300. The van der Waals surface area contributed by atoms with Gasteiger partial charge in [0.1, 0.15) is 5.82 Å². The predicted octanol–water partition coefficient (Wildman–Crippen LogP) is 3.01. The van der Waals surface area contributed by atoms with E-state index in [9.17, 15) is 9.18 Å². The Labute approximate surface area is 147 Å². The molecule has 1 aromatic heterocycles. The lowest BCUT2D eigenvalue weighted by atomic mass is 10.0. The van der Waals surface area contributed by atoms with Crippen LogP contribution in [0.3, 0.4) is 0 Å². The van der Waals surface area contributed by atoms with E-state index in [1.54, 1.807) is 24.5 Å². The lowest BCUT2D eigenvalue weighted by molar-refractivity contribution is -0.117. The van der Waals surface area contributed by atoms with Gasteiger partial charge in [0, 0.05) is 43.2 Å². The zero-order valence-corrected chi connectivity index (χ0v) is 14.1. The fourth-order valence-electron chi connectivity index (χ4n) is 3.08. The Morgan fingerprint density at radius 1 is 1.32 bits per heavy atom. The number of carbonyl (C=O) groups is 1. The van der Waals surface area contributed by atoms with E-state index < -0.39 is 0 Å². The molecule has 0 saturated carbocycles. The van der Waals surface area contributed by atoms with Gasteiger partial charge in [-0.2, -0.15) is 0 Å². The van der Waals surface area contributed by atoms with Crippen molar-refractivity contribution in [3.63, 3.8) is 0 Å². The number of amides is 1. The summed E-state index contributed by atoms with van der Waals surface area (Å²) >= 11 is 0. The van der Waals surface area contributed by atoms with Crippen LogP contribution in [-0.2, 0) is 11.3 Å². The second kappa shape index (κ2) is 8.53. The van der Waals surface area contributed by atoms with Crippen LogP contribution >= 0.6 is 0 Å². The second-order valence-electron chi connectivity index (χ2n) is 6.29. The van der Waals surface area contributed by atoms with E-state index in [0.29, 0.717) is 12.1 Å². The molecule has 5 heteroatoms. The number of aromatic nitrogens is 1. The third-order valence-electron chi connectivity index (χ3n) is 4.32. The lowest BCUT2D eigenvalue weighted by Gasteiger charge is -2.33. The molecule has 1 aromatic carbocycles. The van der Waals surface area contributed by atoms with E-state index in [1.165, 1.54) is 12.1 Å². The summed E-state index contributed by atoms with van der Waals surface area (Å²) in [5, 5.41) is 3.04. The Morgan fingerprint density at radius 3 is 3.00 bits per heavy atom. The molecule has 25 heavy (non-hydrogen) atoms. The van der Waals surface area contributed by atoms with E-state index in [2.05, 4.69) is 15.2 Å². The molecule has 1 saturated heterocycles. The number of hydrogen-bond donors (Lipinski definition) is 1. The molecule has 0 bridgehead atoms. The number of pyridine rings is 1. The van der Waals surface area contributed by atoms with Crippen LogP contribution < -0.4 is 5.32 Å². The van der Waals surface area contributed by atoms with Crippen LogP contribution in [0.2, 0.25) is 0 Å². The molecule has 0 aliphatic carbocycles. The summed E-state index contributed by atoms with van der Waals surface area (Å²) in [6, 6.07) is 10.7. The molecule has 0 unspecified atom stereocenters. The van der Waals surface area contributed by atoms with E-state index in [1.807, 2.05) is 24.3 Å². The molecule has 4 nitrogen and oxygen atoms in total. The van der Waals surface area contributed by atoms with E-state index >= 15 is 0 Å². The van der Waals surface area contributed by atoms with Crippen LogP contribution in [0.5, 0.6) is 0 Å². The summed E-state index contributed by atoms with van der Waals surface area (Å²) in [7, 11) is 0. The van der Waals surface area contributed by atoms with Crippen LogP contribution in [0.15, 0.2) is 54.9 Å². The molecule has 0 spiro atoms. The van der Waals surface area contributed by atoms with Crippen molar-refractivity contribution in [1.29, 1.82) is 0 Å². The summed E-state index contributed by atoms with van der Waals surface area (Å²) in [5.74, 6) is -0.283. The number of halogens is 1. The second-order valence-corrected chi connectivity index (χ2v) is 6.29. The van der Waals surface area contributed by atoms with Gasteiger partial charge in [-0.25, -0.2) is 4.39 Å². The highest BCUT2D eigenvalue weighted by molar-refractivity contribution is 5.91. The first-order valence-electron chi connectivity index (χ1n) is 8.55. The van der Waals surface area contributed by atoms with Gasteiger partial charge in [-0.3, -0.25) is 14.7 Å². The molecule has 130 valence electrons. The van der Waals surface area contributed by atoms with Gasteiger partial charge in [0.2, 0.25) is 5.91 Å². The summed E-state index contributed by atoms with van der Waals surface area (Å²) in [4.78, 5) is 18.3. The Morgan fingerprint density at radius 2 is 2.20 bits per heavy atom. The number of nitrogens with zero attached hydrogens (tertiary/aromatic N) is 2. The molecule has 3 rings (SSSR count). The summed E-state index contributed by atoms with van der Waals surface area (Å²) in [5.41, 5.74) is 1.59. The van der Waals surface area contributed by atoms with Gasteiger partial charge in [0.25, 0.3) is 0 Å². The van der Waals surface area contributed by atoms with Gasteiger partial charge in [-0.05, 0) is 43.2 Å². The first-order chi connectivity index (χ1) is 12.2. The molecule has 0 radical (unpaired) electrons. The van der Waals surface area contributed by atoms with Crippen molar-refractivity contribution < 1.29 is 9.18 Å². The molecule has 1 atom stereocenters. The molecule has 2 heterocycles. The highest BCUT2D eigenvalue weighted by Crippen LogP contribution is 2.15. The first kappa shape index (κ1) is 17.3. The quantitative estimate of drug-likeness (QED) is 0.852. The highest BCUT2D eigenvalue weighted by Gasteiger charge is 2.21. The average Bonchev–Trinajstić information content (AvgIpc) is 2.63. The Balaban J connectivity index is 1.52. The fourth-order valence-corrected chi connectivity index (χ4v) is 3.08. The average molecular weight is 339 g/mol. The first-order valence-corrected chi connectivity index (χ1v) is 8.55. The zero-order chi connectivity index (χ0) is 17.5. The van der Waals surface area contributed by atoms with Crippen LogP contribution in [0, 0.1) is 5.82 Å². The van der Waals surface area contributed by atoms with E-state index in [-0.39, 0.29) is 17.8 Å². The van der Waals surface area contributed by atoms with Crippen LogP contribution in [0.1, 0.15) is 24.0 Å². The molecule has 1 aliphatic rings. The number of piperidine rings is 1.